The average molecular weight is 214 g/mol. The SMILES string of the molecule is CC(N)(c1ccc(C#N)cc1)C(F)(F)F. The standard InChI is InChI=1S/C10H9F3N2/c1-9(15,10(11,12)13)8-4-2-7(6-14)3-5-8/h2-5H,15H2,1H3. The van der Waals surface area contributed by atoms with Crippen LogP contribution >= 0.6 is 0 Å². The van der Waals surface area contributed by atoms with Gasteiger partial charge in [0, 0.05) is 0 Å². The molecule has 0 aromatic heterocycles. The molecule has 0 aliphatic carbocycles. The summed E-state index contributed by atoms with van der Waals surface area (Å²) in [4.78, 5) is 0. The van der Waals surface area contributed by atoms with Crippen molar-refractivity contribution in [3.05, 3.63) is 35.4 Å². The third-order valence-corrected chi connectivity index (χ3v) is 2.20. The second-order valence-electron chi connectivity index (χ2n) is 3.39. The molecule has 0 amide bonds. The number of hydrogen-bond acceptors (Lipinski definition) is 2. The Labute approximate surface area is 85.1 Å². The number of hydrogen-bond donors (Lipinski definition) is 1. The van der Waals surface area contributed by atoms with Gasteiger partial charge in [-0.1, -0.05) is 12.1 Å². The predicted molar refractivity (Wildman–Crippen MR) is 48.8 cm³/mol. The van der Waals surface area contributed by atoms with E-state index in [1.165, 1.54) is 24.3 Å². The lowest BCUT2D eigenvalue weighted by molar-refractivity contribution is -0.184. The lowest BCUT2D eigenvalue weighted by Crippen LogP contribution is -2.47. The molecule has 0 aliphatic rings. The van der Waals surface area contributed by atoms with Gasteiger partial charge in [-0.2, -0.15) is 18.4 Å². The summed E-state index contributed by atoms with van der Waals surface area (Å²) in [5.41, 5.74) is 3.05. The Morgan fingerprint density at radius 1 is 1.20 bits per heavy atom. The molecule has 0 saturated carbocycles. The maximum atomic E-state index is 12.5. The third kappa shape index (κ3) is 2.10. The van der Waals surface area contributed by atoms with E-state index < -0.39 is 11.7 Å². The van der Waals surface area contributed by atoms with Crippen molar-refractivity contribution in [2.75, 3.05) is 0 Å². The first-order chi connectivity index (χ1) is 6.79. The molecule has 0 fully saturated rings. The fourth-order valence-corrected chi connectivity index (χ4v) is 1.05. The van der Waals surface area contributed by atoms with Crippen molar-refractivity contribution in [1.29, 1.82) is 5.26 Å². The molecule has 0 spiro atoms. The Morgan fingerprint density at radius 2 is 1.67 bits per heavy atom. The minimum absolute atomic E-state index is 0.0611. The zero-order valence-corrected chi connectivity index (χ0v) is 7.97. The van der Waals surface area contributed by atoms with Crippen molar-refractivity contribution in [1.82, 2.24) is 0 Å². The molecule has 2 N–H and O–H groups in total. The molecule has 15 heavy (non-hydrogen) atoms. The summed E-state index contributed by atoms with van der Waals surface area (Å²) in [6.07, 6.45) is -4.51. The van der Waals surface area contributed by atoms with Crippen molar-refractivity contribution in [3.8, 4) is 6.07 Å². The topological polar surface area (TPSA) is 49.8 Å². The minimum Gasteiger partial charge on any atom is -0.314 e. The minimum atomic E-state index is -4.51. The van der Waals surface area contributed by atoms with Crippen LogP contribution in [0, 0.1) is 11.3 Å². The van der Waals surface area contributed by atoms with Crippen LogP contribution in [0.4, 0.5) is 13.2 Å². The third-order valence-electron chi connectivity index (χ3n) is 2.20. The summed E-state index contributed by atoms with van der Waals surface area (Å²) in [6.45, 7) is 0.897. The lowest BCUT2D eigenvalue weighted by Gasteiger charge is -2.27. The number of nitrogens with zero attached hydrogens (tertiary/aromatic N) is 1. The molecule has 0 heterocycles. The van der Waals surface area contributed by atoms with E-state index in [0.717, 1.165) is 6.92 Å². The van der Waals surface area contributed by atoms with E-state index in [4.69, 9.17) is 11.0 Å². The summed E-state index contributed by atoms with van der Waals surface area (Å²) in [5.74, 6) is 0. The first-order valence-corrected chi connectivity index (χ1v) is 4.15. The van der Waals surface area contributed by atoms with Crippen molar-refractivity contribution in [3.63, 3.8) is 0 Å². The number of rotatable bonds is 1. The highest BCUT2D eigenvalue weighted by molar-refractivity contribution is 5.35. The molecule has 0 radical (unpaired) electrons. The van der Waals surface area contributed by atoms with Gasteiger partial charge in [-0.15, -0.1) is 0 Å². The second kappa shape index (κ2) is 3.55. The van der Waals surface area contributed by atoms with Gasteiger partial charge in [-0.3, -0.25) is 0 Å². The van der Waals surface area contributed by atoms with Gasteiger partial charge in [0.2, 0.25) is 0 Å². The Balaban J connectivity index is 3.13. The van der Waals surface area contributed by atoms with Gasteiger partial charge >= 0.3 is 6.18 Å². The van der Waals surface area contributed by atoms with E-state index in [9.17, 15) is 13.2 Å². The van der Waals surface area contributed by atoms with Crippen LogP contribution in [0.25, 0.3) is 0 Å². The molecule has 80 valence electrons. The Hall–Kier alpha value is -1.54. The zero-order valence-electron chi connectivity index (χ0n) is 7.97. The van der Waals surface area contributed by atoms with Crippen LogP contribution in [-0.2, 0) is 5.54 Å². The maximum absolute atomic E-state index is 12.5. The normalized spacial score (nSPS) is 15.5. The van der Waals surface area contributed by atoms with Crippen LogP contribution < -0.4 is 5.73 Å². The smallest absolute Gasteiger partial charge is 0.314 e. The molecule has 1 aromatic rings. The molecule has 5 heteroatoms. The molecule has 2 nitrogen and oxygen atoms in total. The Bertz CT molecular complexity index is 385. The molecular formula is C10H9F3N2. The molecule has 0 bridgehead atoms. The second-order valence-corrected chi connectivity index (χ2v) is 3.39. The molecule has 0 saturated heterocycles. The average Bonchev–Trinajstić information content (AvgIpc) is 2.16. The molecule has 0 aliphatic heterocycles. The van der Waals surface area contributed by atoms with Gasteiger partial charge in [0.1, 0.15) is 5.54 Å². The summed E-state index contributed by atoms with van der Waals surface area (Å²) >= 11 is 0. The van der Waals surface area contributed by atoms with E-state index >= 15 is 0 Å². The molecular weight excluding hydrogens is 205 g/mol. The van der Waals surface area contributed by atoms with E-state index in [2.05, 4.69) is 0 Å². The van der Waals surface area contributed by atoms with Gasteiger partial charge < -0.3 is 5.73 Å². The molecule has 1 aromatic carbocycles. The highest BCUT2D eigenvalue weighted by Crippen LogP contribution is 2.36. The van der Waals surface area contributed by atoms with Crippen LogP contribution in [-0.4, -0.2) is 6.18 Å². The van der Waals surface area contributed by atoms with Crippen molar-refractivity contribution < 1.29 is 13.2 Å². The fourth-order valence-electron chi connectivity index (χ4n) is 1.05. The number of benzene rings is 1. The summed E-state index contributed by atoms with van der Waals surface area (Å²) in [6, 6.07) is 6.87. The van der Waals surface area contributed by atoms with Gasteiger partial charge in [0.05, 0.1) is 11.6 Å². The van der Waals surface area contributed by atoms with Crippen LogP contribution in [0.5, 0.6) is 0 Å². The molecule has 1 unspecified atom stereocenters. The van der Waals surface area contributed by atoms with E-state index in [1.807, 2.05) is 6.07 Å². The number of alkyl halides is 3. The van der Waals surface area contributed by atoms with Crippen molar-refractivity contribution in [2.24, 2.45) is 5.73 Å². The first-order valence-electron chi connectivity index (χ1n) is 4.15. The number of halogens is 3. The predicted octanol–water partition coefficient (Wildman–Crippen LogP) is 2.29. The monoisotopic (exact) mass is 214 g/mol. The maximum Gasteiger partial charge on any atom is 0.410 e. The first kappa shape index (κ1) is 11.5. The fraction of sp³-hybridized carbons (Fsp3) is 0.300. The van der Waals surface area contributed by atoms with Crippen molar-refractivity contribution in [2.45, 2.75) is 18.6 Å². The molecule has 1 atom stereocenters. The van der Waals surface area contributed by atoms with Gasteiger partial charge in [0.25, 0.3) is 0 Å². The van der Waals surface area contributed by atoms with Crippen LogP contribution in [0.15, 0.2) is 24.3 Å². The zero-order chi connectivity index (χ0) is 11.7. The Morgan fingerprint density at radius 3 is 2.00 bits per heavy atom. The summed E-state index contributed by atoms with van der Waals surface area (Å²) in [7, 11) is 0. The molecule has 1 rings (SSSR count). The highest BCUT2D eigenvalue weighted by Gasteiger charge is 2.49. The van der Waals surface area contributed by atoms with E-state index in [1.54, 1.807) is 0 Å². The summed E-state index contributed by atoms with van der Waals surface area (Å²) < 4.78 is 37.5. The lowest BCUT2D eigenvalue weighted by atomic mass is 9.92. The van der Waals surface area contributed by atoms with Gasteiger partial charge in [-0.05, 0) is 24.6 Å². The van der Waals surface area contributed by atoms with Gasteiger partial charge in [-0.25, -0.2) is 0 Å². The van der Waals surface area contributed by atoms with Crippen LogP contribution in [0.3, 0.4) is 0 Å². The number of nitriles is 1. The highest BCUT2D eigenvalue weighted by atomic mass is 19.4. The van der Waals surface area contributed by atoms with Gasteiger partial charge in [0.15, 0.2) is 0 Å². The van der Waals surface area contributed by atoms with Crippen LogP contribution in [0.1, 0.15) is 18.1 Å². The van der Waals surface area contributed by atoms with E-state index in [-0.39, 0.29) is 5.56 Å². The number of nitrogens with two attached hydrogens (primary N) is 1. The Kier molecular flexibility index (Phi) is 2.73. The summed E-state index contributed by atoms with van der Waals surface area (Å²) in [5, 5.41) is 8.49. The largest absolute Gasteiger partial charge is 0.410 e. The van der Waals surface area contributed by atoms with E-state index in [0.29, 0.717) is 5.56 Å². The van der Waals surface area contributed by atoms with Crippen molar-refractivity contribution >= 4 is 0 Å². The van der Waals surface area contributed by atoms with Crippen LogP contribution in [0.2, 0.25) is 0 Å². The quantitative estimate of drug-likeness (QED) is 0.779.